The average Bonchev–Trinajstić information content (AvgIpc) is 2.57. The van der Waals surface area contributed by atoms with Crippen molar-refractivity contribution in [3.63, 3.8) is 0 Å². The van der Waals surface area contributed by atoms with Gasteiger partial charge in [0.25, 0.3) is 0 Å². The van der Waals surface area contributed by atoms with Gasteiger partial charge in [-0.25, -0.2) is 0 Å². The Morgan fingerprint density at radius 1 is 1.09 bits per heavy atom. The molecule has 0 saturated heterocycles. The van der Waals surface area contributed by atoms with Crippen LogP contribution in [0.3, 0.4) is 0 Å². The third kappa shape index (κ3) is 5.60. The van der Waals surface area contributed by atoms with E-state index in [1.165, 1.54) is 5.56 Å². The molecule has 1 N–H and O–H groups in total. The standard InChI is InChI=1S/C19H22ClNOS/c1-3-14(2)21-18(22)13-23-19(15-7-5-4-6-8-15)16-9-11-17(20)12-10-16/h4-12,14,19H,3,13H2,1-2H3,(H,21,22). The van der Waals surface area contributed by atoms with Crippen LogP contribution in [0.15, 0.2) is 54.6 Å². The predicted molar refractivity (Wildman–Crippen MR) is 100 cm³/mol. The first-order chi connectivity index (χ1) is 11.1. The third-order valence-electron chi connectivity index (χ3n) is 3.68. The van der Waals surface area contributed by atoms with Crippen LogP contribution in [0.2, 0.25) is 5.02 Å². The van der Waals surface area contributed by atoms with Gasteiger partial charge < -0.3 is 5.32 Å². The highest BCUT2D eigenvalue weighted by Crippen LogP contribution is 2.35. The number of carbonyl (C=O) groups excluding carboxylic acids is 1. The van der Waals surface area contributed by atoms with Gasteiger partial charge in [-0.3, -0.25) is 4.79 Å². The molecule has 1 amide bonds. The lowest BCUT2D eigenvalue weighted by Gasteiger charge is -2.18. The number of amides is 1. The SMILES string of the molecule is CCC(C)NC(=O)CSC(c1ccccc1)c1ccc(Cl)cc1. The minimum Gasteiger partial charge on any atom is -0.353 e. The fourth-order valence-electron chi connectivity index (χ4n) is 2.23. The van der Waals surface area contributed by atoms with E-state index in [9.17, 15) is 4.79 Å². The summed E-state index contributed by atoms with van der Waals surface area (Å²) in [5.74, 6) is 0.520. The van der Waals surface area contributed by atoms with Gasteiger partial charge in [-0.15, -0.1) is 11.8 Å². The van der Waals surface area contributed by atoms with E-state index in [-0.39, 0.29) is 17.2 Å². The van der Waals surface area contributed by atoms with Crippen molar-refractivity contribution >= 4 is 29.3 Å². The maximum Gasteiger partial charge on any atom is 0.230 e. The Kier molecular flexibility index (Phi) is 7.00. The lowest BCUT2D eigenvalue weighted by molar-refractivity contribution is -0.119. The Balaban J connectivity index is 2.12. The van der Waals surface area contributed by atoms with Gasteiger partial charge in [-0.2, -0.15) is 0 Å². The summed E-state index contributed by atoms with van der Waals surface area (Å²) in [6.45, 7) is 4.09. The van der Waals surface area contributed by atoms with Crippen molar-refractivity contribution in [3.05, 3.63) is 70.7 Å². The molecule has 2 atom stereocenters. The van der Waals surface area contributed by atoms with Crippen LogP contribution in [0.1, 0.15) is 36.6 Å². The summed E-state index contributed by atoms with van der Waals surface area (Å²) in [7, 11) is 0. The normalized spacial score (nSPS) is 13.3. The zero-order valence-corrected chi connectivity index (χ0v) is 15.0. The monoisotopic (exact) mass is 347 g/mol. The molecule has 0 aliphatic heterocycles. The number of carbonyl (C=O) groups is 1. The molecule has 0 radical (unpaired) electrons. The van der Waals surface area contributed by atoms with Crippen molar-refractivity contribution in [1.82, 2.24) is 5.32 Å². The number of rotatable bonds is 7. The summed E-state index contributed by atoms with van der Waals surface area (Å²) >= 11 is 7.63. The molecule has 122 valence electrons. The molecule has 0 saturated carbocycles. The van der Waals surface area contributed by atoms with Crippen molar-refractivity contribution in [1.29, 1.82) is 0 Å². The quantitative estimate of drug-likeness (QED) is 0.756. The number of benzene rings is 2. The fraction of sp³-hybridized carbons (Fsp3) is 0.316. The minimum atomic E-state index is 0.0826. The molecule has 0 spiro atoms. The fourth-order valence-corrected chi connectivity index (χ4v) is 3.45. The largest absolute Gasteiger partial charge is 0.353 e. The molecular formula is C19H22ClNOS. The number of nitrogens with one attached hydrogen (secondary N) is 1. The molecule has 0 heterocycles. The van der Waals surface area contributed by atoms with E-state index >= 15 is 0 Å². The molecule has 2 rings (SSSR count). The van der Waals surface area contributed by atoms with Crippen LogP contribution in [0, 0.1) is 0 Å². The Morgan fingerprint density at radius 3 is 2.30 bits per heavy atom. The molecule has 0 aromatic heterocycles. The van der Waals surface area contributed by atoms with Crippen LogP contribution in [0.5, 0.6) is 0 Å². The van der Waals surface area contributed by atoms with Crippen LogP contribution in [-0.4, -0.2) is 17.7 Å². The molecule has 0 aliphatic rings. The van der Waals surface area contributed by atoms with E-state index in [0.717, 1.165) is 17.0 Å². The van der Waals surface area contributed by atoms with E-state index in [0.29, 0.717) is 5.75 Å². The molecule has 4 heteroatoms. The van der Waals surface area contributed by atoms with E-state index < -0.39 is 0 Å². The topological polar surface area (TPSA) is 29.1 Å². The van der Waals surface area contributed by atoms with Gasteiger partial charge in [0, 0.05) is 11.1 Å². The van der Waals surface area contributed by atoms with Gasteiger partial charge in [0.2, 0.25) is 5.91 Å². The Morgan fingerprint density at radius 2 is 1.70 bits per heavy atom. The Hall–Kier alpha value is -1.45. The van der Waals surface area contributed by atoms with E-state index in [2.05, 4.69) is 24.4 Å². The second-order valence-electron chi connectivity index (χ2n) is 5.53. The molecule has 2 aromatic rings. The summed E-state index contributed by atoms with van der Waals surface area (Å²) in [4.78, 5) is 12.1. The van der Waals surface area contributed by atoms with Gasteiger partial charge in [-0.05, 0) is 36.6 Å². The molecule has 2 aromatic carbocycles. The highest BCUT2D eigenvalue weighted by molar-refractivity contribution is 8.00. The zero-order chi connectivity index (χ0) is 16.7. The maximum atomic E-state index is 12.1. The lowest BCUT2D eigenvalue weighted by Crippen LogP contribution is -2.33. The molecule has 0 fully saturated rings. The van der Waals surface area contributed by atoms with E-state index in [1.807, 2.05) is 49.4 Å². The number of halogens is 1. The number of hydrogen-bond donors (Lipinski definition) is 1. The summed E-state index contributed by atoms with van der Waals surface area (Å²) in [5.41, 5.74) is 2.35. The second kappa shape index (κ2) is 8.99. The summed E-state index contributed by atoms with van der Waals surface area (Å²) < 4.78 is 0. The molecule has 2 unspecified atom stereocenters. The van der Waals surface area contributed by atoms with Gasteiger partial charge >= 0.3 is 0 Å². The zero-order valence-electron chi connectivity index (χ0n) is 13.5. The third-order valence-corrected chi connectivity index (χ3v) is 5.23. The first-order valence-corrected chi connectivity index (χ1v) is 9.24. The second-order valence-corrected chi connectivity index (χ2v) is 7.06. The van der Waals surface area contributed by atoms with Crippen molar-refractivity contribution in [2.75, 3.05) is 5.75 Å². The van der Waals surface area contributed by atoms with Gasteiger partial charge in [0.15, 0.2) is 0 Å². The van der Waals surface area contributed by atoms with Crippen LogP contribution >= 0.6 is 23.4 Å². The van der Waals surface area contributed by atoms with Crippen LogP contribution in [0.4, 0.5) is 0 Å². The average molecular weight is 348 g/mol. The van der Waals surface area contributed by atoms with Crippen LogP contribution in [0.25, 0.3) is 0 Å². The lowest BCUT2D eigenvalue weighted by atomic mass is 10.0. The Bertz CT molecular complexity index is 615. The van der Waals surface area contributed by atoms with E-state index in [4.69, 9.17) is 11.6 Å². The Labute approximate surface area is 147 Å². The maximum absolute atomic E-state index is 12.1. The molecule has 2 nitrogen and oxygen atoms in total. The van der Waals surface area contributed by atoms with Crippen molar-refractivity contribution < 1.29 is 4.79 Å². The first kappa shape index (κ1) is 17.9. The number of hydrogen-bond acceptors (Lipinski definition) is 2. The van der Waals surface area contributed by atoms with Crippen molar-refractivity contribution in [2.45, 2.75) is 31.6 Å². The van der Waals surface area contributed by atoms with Crippen LogP contribution < -0.4 is 5.32 Å². The van der Waals surface area contributed by atoms with Gasteiger partial charge in [0.05, 0.1) is 11.0 Å². The summed E-state index contributed by atoms with van der Waals surface area (Å²) in [5, 5.41) is 3.86. The molecule has 0 aliphatic carbocycles. The van der Waals surface area contributed by atoms with Gasteiger partial charge in [-0.1, -0.05) is 61.0 Å². The van der Waals surface area contributed by atoms with Crippen molar-refractivity contribution in [3.8, 4) is 0 Å². The highest BCUT2D eigenvalue weighted by Gasteiger charge is 2.17. The summed E-state index contributed by atoms with van der Waals surface area (Å²) in [6.07, 6.45) is 0.940. The molecular weight excluding hydrogens is 326 g/mol. The number of thioether (sulfide) groups is 1. The molecule has 0 bridgehead atoms. The smallest absolute Gasteiger partial charge is 0.230 e. The summed E-state index contributed by atoms with van der Waals surface area (Å²) in [6, 6.07) is 18.3. The molecule has 23 heavy (non-hydrogen) atoms. The van der Waals surface area contributed by atoms with Crippen molar-refractivity contribution in [2.24, 2.45) is 0 Å². The van der Waals surface area contributed by atoms with Gasteiger partial charge in [0.1, 0.15) is 0 Å². The van der Waals surface area contributed by atoms with Crippen LogP contribution in [-0.2, 0) is 4.79 Å². The highest BCUT2D eigenvalue weighted by atomic mass is 35.5. The first-order valence-electron chi connectivity index (χ1n) is 7.81. The van der Waals surface area contributed by atoms with E-state index in [1.54, 1.807) is 11.8 Å². The minimum absolute atomic E-state index is 0.0826. The predicted octanol–water partition coefficient (Wildman–Crippen LogP) is 5.08.